The van der Waals surface area contributed by atoms with E-state index < -0.39 is 0 Å². The molecule has 0 bridgehead atoms. The summed E-state index contributed by atoms with van der Waals surface area (Å²) in [6, 6.07) is 14.1. The average Bonchev–Trinajstić information content (AvgIpc) is 2.68. The maximum absolute atomic E-state index is 12.4. The van der Waals surface area contributed by atoms with Crippen molar-refractivity contribution in [1.29, 1.82) is 0 Å². The maximum atomic E-state index is 12.4. The molecule has 2 aromatic rings. The Morgan fingerprint density at radius 1 is 1.18 bits per heavy atom. The van der Waals surface area contributed by atoms with E-state index in [1.165, 1.54) is 6.07 Å². The highest BCUT2D eigenvalue weighted by Gasteiger charge is 2.24. The summed E-state index contributed by atoms with van der Waals surface area (Å²) in [5.41, 5.74) is 1.71. The van der Waals surface area contributed by atoms with Gasteiger partial charge in [-0.2, -0.15) is 0 Å². The summed E-state index contributed by atoms with van der Waals surface area (Å²) in [5.74, 6) is -0.0494. The number of halogens is 1. The molecule has 0 radical (unpaired) electrons. The number of hydrogen-bond acceptors (Lipinski definition) is 5. The Balaban J connectivity index is 1.52. The fourth-order valence-corrected chi connectivity index (χ4v) is 3.58. The van der Waals surface area contributed by atoms with Crippen LogP contribution < -0.4 is 10.2 Å². The summed E-state index contributed by atoms with van der Waals surface area (Å²) in [4.78, 5) is 27.3. The van der Waals surface area contributed by atoms with Crippen LogP contribution in [0.5, 0.6) is 0 Å². The molecule has 1 fully saturated rings. The van der Waals surface area contributed by atoms with Gasteiger partial charge in [-0.15, -0.1) is 0 Å². The van der Waals surface area contributed by atoms with E-state index in [0.717, 1.165) is 5.56 Å². The standard InChI is InChI=1S/C20H23ClN4O3/c1-15(16-5-4-6-17(21)13-16)22-20(26)14-23-9-11-24(12-10-23)18-7-2-3-8-19(18)25(27)28/h2-8,13,15H,9-12,14H2,1H3,(H,22,26)/t15-/m0/s1. The summed E-state index contributed by atoms with van der Waals surface area (Å²) in [6.45, 7) is 4.85. The van der Waals surface area contributed by atoms with E-state index in [-0.39, 0.29) is 22.6 Å². The van der Waals surface area contributed by atoms with Crippen molar-refractivity contribution in [2.45, 2.75) is 13.0 Å². The molecule has 1 amide bonds. The molecule has 1 atom stereocenters. The molecule has 0 aromatic heterocycles. The zero-order valence-corrected chi connectivity index (χ0v) is 16.4. The zero-order valence-electron chi connectivity index (χ0n) is 15.7. The van der Waals surface area contributed by atoms with Gasteiger partial charge < -0.3 is 10.2 Å². The van der Waals surface area contributed by atoms with E-state index in [1.807, 2.05) is 30.0 Å². The molecular weight excluding hydrogens is 380 g/mol. The highest BCUT2D eigenvalue weighted by atomic mass is 35.5. The van der Waals surface area contributed by atoms with Crippen LogP contribution in [-0.2, 0) is 4.79 Å². The fourth-order valence-electron chi connectivity index (χ4n) is 3.38. The molecule has 0 unspecified atom stereocenters. The number of benzene rings is 2. The number of carbonyl (C=O) groups is 1. The number of para-hydroxylation sites is 2. The van der Waals surface area contributed by atoms with E-state index in [2.05, 4.69) is 10.2 Å². The van der Waals surface area contributed by atoms with Crippen molar-refractivity contribution in [3.8, 4) is 0 Å². The number of nitro groups is 1. The van der Waals surface area contributed by atoms with Crippen LogP contribution >= 0.6 is 11.6 Å². The van der Waals surface area contributed by atoms with Crippen LogP contribution in [-0.4, -0.2) is 48.5 Å². The van der Waals surface area contributed by atoms with Crippen LogP contribution in [0.25, 0.3) is 0 Å². The molecule has 1 aliphatic heterocycles. The van der Waals surface area contributed by atoms with Crippen LogP contribution in [0.3, 0.4) is 0 Å². The number of carbonyl (C=O) groups excluding carboxylic acids is 1. The van der Waals surface area contributed by atoms with Crippen molar-refractivity contribution >= 4 is 28.9 Å². The van der Waals surface area contributed by atoms with Crippen LogP contribution in [0, 0.1) is 10.1 Å². The first kappa shape index (κ1) is 20.1. The Bertz CT molecular complexity index is 853. The van der Waals surface area contributed by atoms with Crippen LogP contribution in [0.2, 0.25) is 5.02 Å². The molecule has 0 aliphatic carbocycles. The number of amides is 1. The van der Waals surface area contributed by atoms with E-state index >= 15 is 0 Å². The summed E-state index contributed by atoms with van der Waals surface area (Å²) in [7, 11) is 0. The minimum Gasteiger partial charge on any atom is -0.363 e. The van der Waals surface area contributed by atoms with Crippen molar-refractivity contribution in [2.75, 3.05) is 37.6 Å². The Morgan fingerprint density at radius 3 is 2.57 bits per heavy atom. The first-order valence-electron chi connectivity index (χ1n) is 9.19. The molecule has 1 N–H and O–H groups in total. The van der Waals surface area contributed by atoms with Gasteiger partial charge in [0.05, 0.1) is 17.5 Å². The van der Waals surface area contributed by atoms with Gasteiger partial charge in [-0.3, -0.25) is 19.8 Å². The van der Waals surface area contributed by atoms with Gasteiger partial charge in [0.1, 0.15) is 5.69 Å². The lowest BCUT2D eigenvalue weighted by Crippen LogP contribution is -2.49. The van der Waals surface area contributed by atoms with Crippen molar-refractivity contribution < 1.29 is 9.72 Å². The molecule has 1 saturated heterocycles. The lowest BCUT2D eigenvalue weighted by atomic mass is 10.1. The molecule has 7 nitrogen and oxygen atoms in total. The fraction of sp³-hybridized carbons (Fsp3) is 0.350. The van der Waals surface area contributed by atoms with Crippen molar-refractivity contribution in [3.05, 3.63) is 69.2 Å². The van der Waals surface area contributed by atoms with Gasteiger partial charge in [0.15, 0.2) is 0 Å². The average molecular weight is 403 g/mol. The molecule has 148 valence electrons. The molecule has 3 rings (SSSR count). The van der Waals surface area contributed by atoms with Gasteiger partial charge in [-0.25, -0.2) is 0 Å². The van der Waals surface area contributed by atoms with Gasteiger partial charge in [0.2, 0.25) is 5.91 Å². The van der Waals surface area contributed by atoms with Crippen molar-refractivity contribution in [2.24, 2.45) is 0 Å². The Morgan fingerprint density at radius 2 is 1.89 bits per heavy atom. The summed E-state index contributed by atoms with van der Waals surface area (Å²) in [5, 5.41) is 14.9. The van der Waals surface area contributed by atoms with Crippen molar-refractivity contribution in [1.82, 2.24) is 10.2 Å². The third kappa shape index (κ3) is 4.99. The summed E-state index contributed by atoms with van der Waals surface area (Å²) in [6.07, 6.45) is 0. The number of rotatable bonds is 6. The summed E-state index contributed by atoms with van der Waals surface area (Å²) < 4.78 is 0. The molecule has 1 aliphatic rings. The molecule has 0 spiro atoms. The third-order valence-electron chi connectivity index (χ3n) is 4.88. The zero-order chi connectivity index (χ0) is 20.1. The molecule has 1 heterocycles. The second kappa shape index (κ2) is 9.03. The van der Waals surface area contributed by atoms with Crippen LogP contribution in [0.1, 0.15) is 18.5 Å². The number of anilines is 1. The largest absolute Gasteiger partial charge is 0.363 e. The molecule has 8 heteroatoms. The minimum absolute atomic E-state index is 0.0494. The maximum Gasteiger partial charge on any atom is 0.292 e. The smallest absolute Gasteiger partial charge is 0.292 e. The highest BCUT2D eigenvalue weighted by molar-refractivity contribution is 6.30. The van der Waals surface area contributed by atoms with Crippen molar-refractivity contribution in [3.63, 3.8) is 0 Å². The topological polar surface area (TPSA) is 78.7 Å². The van der Waals surface area contributed by atoms with E-state index in [4.69, 9.17) is 11.6 Å². The second-order valence-electron chi connectivity index (χ2n) is 6.85. The van der Waals surface area contributed by atoms with E-state index in [9.17, 15) is 14.9 Å². The quantitative estimate of drug-likeness (QED) is 0.592. The van der Waals surface area contributed by atoms with Gasteiger partial charge in [-0.05, 0) is 30.7 Å². The molecule has 28 heavy (non-hydrogen) atoms. The van der Waals surface area contributed by atoms with Gasteiger partial charge in [0, 0.05) is 37.3 Å². The highest BCUT2D eigenvalue weighted by Crippen LogP contribution is 2.28. The first-order valence-corrected chi connectivity index (χ1v) is 9.57. The van der Waals surface area contributed by atoms with Crippen LogP contribution in [0.15, 0.2) is 48.5 Å². The Kier molecular flexibility index (Phi) is 6.49. The van der Waals surface area contributed by atoms with Crippen LogP contribution in [0.4, 0.5) is 11.4 Å². The minimum atomic E-state index is -0.355. The number of nitrogens with zero attached hydrogens (tertiary/aromatic N) is 3. The van der Waals surface area contributed by atoms with Gasteiger partial charge >= 0.3 is 0 Å². The Hall–Kier alpha value is -2.64. The normalized spacial score (nSPS) is 15.9. The molecule has 0 saturated carbocycles. The predicted molar refractivity (Wildman–Crippen MR) is 110 cm³/mol. The third-order valence-corrected chi connectivity index (χ3v) is 5.12. The molecular formula is C20H23ClN4O3. The lowest BCUT2D eigenvalue weighted by Gasteiger charge is -2.35. The molecule has 2 aromatic carbocycles. The predicted octanol–water partition coefficient (Wildman–Crippen LogP) is 3.25. The monoisotopic (exact) mass is 402 g/mol. The van der Waals surface area contributed by atoms with E-state index in [0.29, 0.717) is 43.4 Å². The number of nitro benzene ring substituents is 1. The number of hydrogen-bond donors (Lipinski definition) is 1. The van der Waals surface area contributed by atoms with Gasteiger partial charge in [-0.1, -0.05) is 35.9 Å². The summed E-state index contributed by atoms with van der Waals surface area (Å²) >= 11 is 6.01. The number of piperazine rings is 1. The second-order valence-corrected chi connectivity index (χ2v) is 7.29. The number of nitrogens with one attached hydrogen (secondary N) is 1. The SMILES string of the molecule is C[C@H](NC(=O)CN1CCN(c2ccccc2[N+](=O)[O-])CC1)c1cccc(Cl)c1. The lowest BCUT2D eigenvalue weighted by molar-refractivity contribution is -0.384. The Labute approximate surface area is 169 Å². The first-order chi connectivity index (χ1) is 13.4. The van der Waals surface area contributed by atoms with Gasteiger partial charge in [0.25, 0.3) is 5.69 Å². The van der Waals surface area contributed by atoms with E-state index in [1.54, 1.807) is 24.3 Å².